The Balaban J connectivity index is 4.77. The first-order chi connectivity index (χ1) is 37.2. The van der Waals surface area contributed by atoms with Gasteiger partial charge in [0.2, 0.25) is 0 Å². The largest absolute Gasteiger partial charge is 0.472 e. The summed E-state index contributed by atoms with van der Waals surface area (Å²) in [7, 11) is -4.76. The summed E-state index contributed by atoms with van der Waals surface area (Å²) in [5.74, 6) is -1.53. The van der Waals surface area contributed by atoms with Crippen molar-refractivity contribution in [1.82, 2.24) is 0 Å². The molecular weight excluding hydrogens is 976 g/mol. The summed E-state index contributed by atoms with van der Waals surface area (Å²) in [6.45, 7) is 4.49. The Morgan fingerprint density at radius 1 is 0.382 bits per heavy atom. The van der Waals surface area contributed by atoms with Gasteiger partial charge in [0, 0.05) is 19.3 Å². The molecule has 0 amide bonds. The Hall–Kier alpha value is -3.08. The van der Waals surface area contributed by atoms with Crippen LogP contribution in [0.3, 0.4) is 0 Å². The molecule has 0 saturated carbocycles. The second kappa shape index (κ2) is 58.1. The molecule has 0 aromatic heterocycles. The van der Waals surface area contributed by atoms with E-state index < -0.39 is 57.8 Å². The molecule has 440 valence electrons. The number of hydrogen-bond acceptors (Lipinski definition) is 10. The van der Waals surface area contributed by atoms with Crippen LogP contribution in [-0.4, -0.2) is 66.5 Å². The smallest absolute Gasteiger partial charge is 0.462 e. The van der Waals surface area contributed by atoms with Gasteiger partial charge in [0.15, 0.2) is 6.10 Å². The van der Waals surface area contributed by atoms with Gasteiger partial charge >= 0.3 is 25.7 Å². The van der Waals surface area contributed by atoms with Gasteiger partial charge in [-0.1, -0.05) is 248 Å². The lowest BCUT2D eigenvalue weighted by Gasteiger charge is -2.21. The maximum atomic E-state index is 12.9. The van der Waals surface area contributed by atoms with Crippen molar-refractivity contribution in [2.75, 3.05) is 26.4 Å². The average Bonchev–Trinajstić information content (AvgIpc) is 3.41. The van der Waals surface area contributed by atoms with Crippen LogP contribution in [0.4, 0.5) is 0 Å². The van der Waals surface area contributed by atoms with Gasteiger partial charge in [-0.2, -0.15) is 0 Å². The molecule has 0 aromatic carbocycles. The number of esters is 3. The molecule has 0 aromatic rings. The van der Waals surface area contributed by atoms with Crippen molar-refractivity contribution < 1.29 is 52.2 Å². The normalized spacial score (nSPS) is 13.8. The molecule has 12 heteroatoms. The van der Waals surface area contributed by atoms with Crippen LogP contribution in [-0.2, 0) is 42.2 Å². The number of allylic oxidation sites excluding steroid dienone is 12. The highest BCUT2D eigenvalue weighted by molar-refractivity contribution is 7.47. The van der Waals surface area contributed by atoms with Crippen molar-refractivity contribution in [3.05, 3.63) is 72.9 Å². The van der Waals surface area contributed by atoms with E-state index in [0.717, 1.165) is 89.9 Å². The predicted octanol–water partition coefficient (Wildman–Crippen LogP) is 18.5. The standard InChI is InChI=1S/C64H113O11P/c1-4-7-10-13-16-19-22-25-28-30-33-35-38-41-44-47-50-53-62(66)71-57-61(75-64(68)55-52-49-46-43-40-37-34-31-29-26-23-20-17-14-11-8-5-2)59-73-76(69,70)72-58-60(56-65)74-63(67)54-51-48-45-42-39-36-32-27-24-21-18-15-12-9-6-3/h7,10,16,19,25,27-28,32-33,35,41,44,60-61,65H,4-6,8-9,11-15,17-18,20-24,26,29-31,34,36-40,42-43,45-59H2,1-3H3,(H,69,70)/b10-7-,19-16-,28-25-,32-27-,35-33-,44-41-. The number of unbranched alkanes of at least 4 members (excludes halogenated alkanes) is 28. The van der Waals surface area contributed by atoms with Crippen molar-refractivity contribution in [1.29, 1.82) is 0 Å². The molecular formula is C64H113O11P. The minimum absolute atomic E-state index is 0.148. The molecule has 0 fully saturated rings. The van der Waals surface area contributed by atoms with Crippen LogP contribution < -0.4 is 0 Å². The molecule has 0 aliphatic rings. The highest BCUT2D eigenvalue weighted by Crippen LogP contribution is 2.43. The summed E-state index contributed by atoms with van der Waals surface area (Å²) in [6, 6.07) is 0. The zero-order valence-corrected chi connectivity index (χ0v) is 49.6. The molecule has 11 nitrogen and oxygen atoms in total. The number of phosphoric acid groups is 1. The van der Waals surface area contributed by atoms with Crippen molar-refractivity contribution in [2.24, 2.45) is 0 Å². The first kappa shape index (κ1) is 72.9. The summed E-state index contributed by atoms with van der Waals surface area (Å²) in [5.41, 5.74) is 0. The van der Waals surface area contributed by atoms with Gasteiger partial charge in [0.05, 0.1) is 19.8 Å². The van der Waals surface area contributed by atoms with Crippen LogP contribution in [0, 0.1) is 0 Å². The number of carbonyl (C=O) groups is 3. The van der Waals surface area contributed by atoms with E-state index in [9.17, 15) is 28.9 Å². The van der Waals surface area contributed by atoms with E-state index in [2.05, 4.69) is 87.6 Å². The van der Waals surface area contributed by atoms with Crippen LogP contribution >= 0.6 is 7.82 Å². The lowest BCUT2D eigenvalue weighted by molar-refractivity contribution is -0.161. The van der Waals surface area contributed by atoms with Gasteiger partial charge in [0.25, 0.3) is 0 Å². The summed E-state index contributed by atoms with van der Waals surface area (Å²) in [6.07, 6.45) is 65.8. The van der Waals surface area contributed by atoms with E-state index in [4.69, 9.17) is 23.3 Å². The van der Waals surface area contributed by atoms with E-state index in [-0.39, 0.29) is 25.9 Å². The number of rotatable bonds is 57. The van der Waals surface area contributed by atoms with Gasteiger partial charge in [-0.3, -0.25) is 23.4 Å². The number of hydrogen-bond donors (Lipinski definition) is 2. The first-order valence-corrected chi connectivity index (χ1v) is 32.3. The summed E-state index contributed by atoms with van der Waals surface area (Å²) < 4.78 is 39.6. The van der Waals surface area contributed by atoms with Crippen LogP contribution in [0.15, 0.2) is 72.9 Å². The Labute approximate surface area is 465 Å². The molecule has 0 aliphatic heterocycles. The molecule has 2 N–H and O–H groups in total. The lowest BCUT2D eigenvalue weighted by atomic mass is 10.0. The zero-order chi connectivity index (χ0) is 55.5. The van der Waals surface area contributed by atoms with Crippen molar-refractivity contribution in [3.63, 3.8) is 0 Å². The van der Waals surface area contributed by atoms with E-state index in [1.807, 2.05) is 6.08 Å². The van der Waals surface area contributed by atoms with E-state index in [1.165, 1.54) is 122 Å². The molecule has 0 aliphatic carbocycles. The molecule has 0 saturated heterocycles. The van der Waals surface area contributed by atoms with Crippen molar-refractivity contribution >= 4 is 25.7 Å². The highest BCUT2D eigenvalue weighted by atomic mass is 31.2. The minimum atomic E-state index is -4.76. The van der Waals surface area contributed by atoms with Gasteiger partial charge < -0.3 is 24.2 Å². The van der Waals surface area contributed by atoms with E-state index in [1.54, 1.807) is 0 Å². The predicted molar refractivity (Wildman–Crippen MR) is 316 cm³/mol. The van der Waals surface area contributed by atoms with Gasteiger partial charge in [0.1, 0.15) is 12.7 Å². The van der Waals surface area contributed by atoms with Crippen LogP contribution in [0.1, 0.15) is 278 Å². The fourth-order valence-corrected chi connectivity index (χ4v) is 9.23. The summed E-state index contributed by atoms with van der Waals surface area (Å²) in [5, 5.41) is 9.83. The molecule has 76 heavy (non-hydrogen) atoms. The molecule has 0 heterocycles. The third-order valence-corrected chi connectivity index (χ3v) is 14.1. The van der Waals surface area contributed by atoms with E-state index >= 15 is 0 Å². The average molecular weight is 1090 g/mol. The SMILES string of the molecule is CC/C=C\C/C=C\C/C=C\C/C=C\C/C=C\CCCC(=O)OCC(COP(=O)(O)OCC(CO)OC(=O)CCCCCCC/C=C\CCCCCCCC)OC(=O)CCCCCCCCCCCCCCCCCCC. The topological polar surface area (TPSA) is 155 Å². The number of carbonyl (C=O) groups excluding carboxylic acids is 3. The minimum Gasteiger partial charge on any atom is -0.462 e. The summed E-state index contributed by atoms with van der Waals surface area (Å²) >= 11 is 0. The second-order valence-corrected chi connectivity index (χ2v) is 21.9. The Bertz CT molecular complexity index is 1550. The summed E-state index contributed by atoms with van der Waals surface area (Å²) in [4.78, 5) is 48.6. The maximum absolute atomic E-state index is 12.9. The first-order valence-electron chi connectivity index (χ1n) is 30.8. The number of aliphatic hydroxyl groups excluding tert-OH is 1. The van der Waals surface area contributed by atoms with Crippen molar-refractivity contribution in [3.8, 4) is 0 Å². The molecule has 0 rings (SSSR count). The third kappa shape index (κ3) is 55.7. The molecule has 0 spiro atoms. The Morgan fingerprint density at radius 3 is 1.11 bits per heavy atom. The van der Waals surface area contributed by atoms with E-state index in [0.29, 0.717) is 25.7 Å². The fraction of sp³-hybridized carbons (Fsp3) is 0.766. The Morgan fingerprint density at radius 2 is 0.697 bits per heavy atom. The van der Waals surface area contributed by atoms with Crippen molar-refractivity contribution in [2.45, 2.75) is 290 Å². The van der Waals surface area contributed by atoms with Gasteiger partial charge in [-0.15, -0.1) is 0 Å². The number of phosphoric ester groups is 1. The van der Waals surface area contributed by atoms with Gasteiger partial charge in [-0.05, 0) is 83.5 Å². The fourth-order valence-electron chi connectivity index (χ4n) is 8.45. The van der Waals surface area contributed by atoms with Gasteiger partial charge in [-0.25, -0.2) is 4.57 Å². The Kier molecular flexibility index (Phi) is 55.7. The number of aliphatic hydroxyl groups is 1. The maximum Gasteiger partial charge on any atom is 0.472 e. The monoisotopic (exact) mass is 1090 g/mol. The van der Waals surface area contributed by atoms with Crippen LogP contribution in [0.25, 0.3) is 0 Å². The van der Waals surface area contributed by atoms with Crippen LogP contribution in [0.2, 0.25) is 0 Å². The number of ether oxygens (including phenoxy) is 3. The lowest BCUT2D eigenvalue weighted by Crippen LogP contribution is -2.30. The molecule has 3 atom stereocenters. The quantitative estimate of drug-likeness (QED) is 0.0197. The third-order valence-electron chi connectivity index (χ3n) is 13.1. The molecule has 0 radical (unpaired) electrons. The highest BCUT2D eigenvalue weighted by Gasteiger charge is 2.28. The molecule has 0 bridgehead atoms. The second-order valence-electron chi connectivity index (χ2n) is 20.5. The van der Waals surface area contributed by atoms with Crippen LogP contribution in [0.5, 0.6) is 0 Å². The molecule has 3 unspecified atom stereocenters. The zero-order valence-electron chi connectivity index (χ0n) is 48.7.